The number of carbonyl (C=O) groups excluding carboxylic acids is 4. The lowest BCUT2D eigenvalue weighted by molar-refractivity contribution is -0.149. The Hall–Kier alpha value is -4.66. The molecule has 0 unspecified atom stereocenters. The smallest absolute Gasteiger partial charge is 0.340 e. The zero-order valence-corrected chi connectivity index (χ0v) is 18.1. The van der Waals surface area contributed by atoms with Crippen molar-refractivity contribution in [1.82, 2.24) is 4.90 Å². The number of nitrogens with zero attached hydrogens (tertiary/aromatic N) is 1. The van der Waals surface area contributed by atoms with Gasteiger partial charge in [-0.15, -0.1) is 0 Å². The molecule has 0 saturated carbocycles. The van der Waals surface area contributed by atoms with Crippen molar-refractivity contribution in [3.8, 4) is 23.0 Å². The average molecular weight is 471 g/mol. The second kappa shape index (κ2) is 7.17. The van der Waals surface area contributed by atoms with Crippen LogP contribution in [0.2, 0.25) is 0 Å². The number of hydrogen-bond donors (Lipinski definition) is 2. The number of esters is 1. The largest absolute Gasteiger partial charge is 0.508 e. The maximum atomic E-state index is 13.0. The van der Waals surface area contributed by atoms with Crippen LogP contribution in [0.3, 0.4) is 0 Å². The summed E-state index contributed by atoms with van der Waals surface area (Å²) in [5.41, 5.74) is 0.632. The summed E-state index contributed by atoms with van der Waals surface area (Å²) in [6.07, 6.45) is -0.211. The molecule has 174 valence electrons. The monoisotopic (exact) mass is 471 g/mol. The number of rotatable bonds is 2. The Morgan fingerprint density at radius 1 is 0.829 bits per heavy atom. The summed E-state index contributed by atoms with van der Waals surface area (Å²) in [7, 11) is 0. The van der Waals surface area contributed by atoms with Crippen molar-refractivity contribution in [3.63, 3.8) is 0 Å². The number of ether oxygens (including phenoxy) is 2. The van der Waals surface area contributed by atoms with Crippen LogP contribution >= 0.6 is 0 Å². The van der Waals surface area contributed by atoms with Gasteiger partial charge in [0.1, 0.15) is 23.0 Å². The van der Waals surface area contributed by atoms with Gasteiger partial charge in [0.2, 0.25) is 17.7 Å². The number of benzene rings is 3. The molecule has 1 fully saturated rings. The van der Waals surface area contributed by atoms with Crippen LogP contribution in [-0.2, 0) is 31.1 Å². The molecule has 0 radical (unpaired) electrons. The van der Waals surface area contributed by atoms with Crippen molar-refractivity contribution in [2.45, 2.75) is 24.9 Å². The Morgan fingerprint density at radius 3 is 2.03 bits per heavy atom. The third-order valence-corrected chi connectivity index (χ3v) is 6.49. The van der Waals surface area contributed by atoms with E-state index in [4.69, 9.17) is 9.47 Å². The molecule has 3 aliphatic heterocycles. The fourth-order valence-corrected chi connectivity index (χ4v) is 4.96. The highest BCUT2D eigenvalue weighted by Gasteiger charge is 2.53. The minimum absolute atomic E-state index is 0.00741. The molecule has 0 atom stereocenters. The summed E-state index contributed by atoms with van der Waals surface area (Å²) in [5.74, 6) is -1.94. The highest BCUT2D eigenvalue weighted by atomic mass is 16.6. The van der Waals surface area contributed by atoms with E-state index in [2.05, 4.69) is 0 Å². The van der Waals surface area contributed by atoms with Gasteiger partial charge in [-0.2, -0.15) is 0 Å². The van der Waals surface area contributed by atoms with Crippen molar-refractivity contribution in [2.75, 3.05) is 0 Å². The van der Waals surface area contributed by atoms with E-state index >= 15 is 0 Å². The van der Waals surface area contributed by atoms with Gasteiger partial charge in [0.25, 0.3) is 0 Å². The normalized spacial score (nSPS) is 17.0. The number of aromatic hydroxyl groups is 2. The summed E-state index contributed by atoms with van der Waals surface area (Å²) in [6.45, 7) is 0. The first-order valence-corrected chi connectivity index (χ1v) is 10.9. The molecule has 0 bridgehead atoms. The van der Waals surface area contributed by atoms with Gasteiger partial charge < -0.3 is 19.7 Å². The van der Waals surface area contributed by atoms with Gasteiger partial charge in [0, 0.05) is 41.7 Å². The van der Waals surface area contributed by atoms with Crippen molar-refractivity contribution >= 4 is 23.7 Å². The molecule has 1 saturated heterocycles. The lowest BCUT2D eigenvalue weighted by Gasteiger charge is -2.36. The number of phenolic OH excluding ortho intramolecular Hbond substituents is 2. The van der Waals surface area contributed by atoms with E-state index in [0.29, 0.717) is 27.2 Å². The highest BCUT2D eigenvalue weighted by molar-refractivity contribution is 6.15. The second-order valence-corrected chi connectivity index (χ2v) is 8.61. The van der Waals surface area contributed by atoms with Crippen LogP contribution in [0.4, 0.5) is 0 Å². The van der Waals surface area contributed by atoms with E-state index in [1.807, 2.05) is 0 Å². The van der Waals surface area contributed by atoms with Crippen LogP contribution < -0.4 is 4.74 Å². The summed E-state index contributed by atoms with van der Waals surface area (Å²) in [6, 6.07) is 13.6. The summed E-state index contributed by atoms with van der Waals surface area (Å²) >= 11 is 0. The van der Waals surface area contributed by atoms with Crippen molar-refractivity contribution in [3.05, 3.63) is 82.4 Å². The Balaban J connectivity index is 1.52. The second-order valence-electron chi connectivity index (χ2n) is 8.61. The van der Waals surface area contributed by atoms with E-state index in [9.17, 15) is 29.4 Å². The third kappa shape index (κ3) is 2.94. The summed E-state index contributed by atoms with van der Waals surface area (Å²) in [4.78, 5) is 50.4. The molecule has 3 aromatic rings. The van der Waals surface area contributed by atoms with Gasteiger partial charge in [-0.05, 0) is 42.0 Å². The minimum atomic E-state index is -1.46. The Morgan fingerprint density at radius 2 is 1.43 bits per heavy atom. The van der Waals surface area contributed by atoms with Crippen LogP contribution in [0.15, 0.2) is 54.6 Å². The molecular formula is C26H17NO8. The fourth-order valence-electron chi connectivity index (χ4n) is 4.96. The van der Waals surface area contributed by atoms with Crippen molar-refractivity contribution < 1.29 is 38.9 Å². The molecule has 0 aromatic heterocycles. The molecule has 1 spiro atoms. The third-order valence-electron chi connectivity index (χ3n) is 6.49. The van der Waals surface area contributed by atoms with Gasteiger partial charge in [0.05, 0.1) is 12.0 Å². The van der Waals surface area contributed by atoms with E-state index in [0.717, 1.165) is 0 Å². The molecule has 3 amide bonds. The maximum absolute atomic E-state index is 13.0. The van der Waals surface area contributed by atoms with Crippen LogP contribution in [0, 0.1) is 0 Å². The molecule has 0 aliphatic carbocycles. The lowest BCUT2D eigenvalue weighted by atomic mass is 9.77. The predicted octanol–water partition coefficient (Wildman–Crippen LogP) is 2.88. The van der Waals surface area contributed by atoms with Gasteiger partial charge in [-0.25, -0.2) is 9.69 Å². The molecule has 35 heavy (non-hydrogen) atoms. The van der Waals surface area contributed by atoms with Gasteiger partial charge >= 0.3 is 5.97 Å². The molecule has 9 nitrogen and oxygen atoms in total. The molecule has 6 rings (SSSR count). The lowest BCUT2D eigenvalue weighted by Crippen LogP contribution is -2.36. The highest BCUT2D eigenvalue weighted by Crippen LogP contribution is 2.57. The standard InChI is InChI=1S/C26H17NO8/c28-14-2-5-17-20(11-14)34-21-12-15(29)3-6-18(21)26(17)19-9-13(1-4-16(19)25(33)35-26)10-24(32)27-22(30)7-8-23(27)31/h1-6,9,11-12,28-29H,7-8,10H2. The Labute approximate surface area is 198 Å². The maximum Gasteiger partial charge on any atom is 0.340 e. The zero-order valence-electron chi connectivity index (χ0n) is 18.1. The SMILES string of the molecule is O=C1OC2(c3ccc(O)cc3Oc3cc(O)ccc32)c2cc(CC(=O)N3C(=O)CCC3=O)ccc21. The van der Waals surface area contributed by atoms with Crippen LogP contribution in [0.25, 0.3) is 0 Å². The first-order valence-electron chi connectivity index (χ1n) is 10.9. The molecular weight excluding hydrogens is 454 g/mol. The number of carbonyl (C=O) groups is 4. The van der Waals surface area contributed by atoms with E-state index in [-0.39, 0.29) is 47.8 Å². The van der Waals surface area contributed by atoms with E-state index < -0.39 is 29.3 Å². The summed E-state index contributed by atoms with van der Waals surface area (Å²) < 4.78 is 11.9. The molecule has 3 aromatic carbocycles. The Bertz CT molecular complexity index is 1420. The fraction of sp³-hybridized carbons (Fsp3) is 0.154. The van der Waals surface area contributed by atoms with Crippen molar-refractivity contribution in [2.24, 2.45) is 0 Å². The minimum Gasteiger partial charge on any atom is -0.508 e. The first kappa shape index (κ1) is 20.9. The zero-order chi connectivity index (χ0) is 24.5. The molecule has 3 aliphatic rings. The average Bonchev–Trinajstić information content (AvgIpc) is 3.29. The van der Waals surface area contributed by atoms with Crippen LogP contribution in [0.1, 0.15) is 45.5 Å². The van der Waals surface area contributed by atoms with Crippen LogP contribution in [-0.4, -0.2) is 38.8 Å². The van der Waals surface area contributed by atoms with Gasteiger partial charge in [-0.3, -0.25) is 14.4 Å². The van der Waals surface area contributed by atoms with Gasteiger partial charge in [0.15, 0.2) is 5.60 Å². The number of imide groups is 3. The quantitative estimate of drug-likeness (QED) is 0.431. The number of phenols is 2. The van der Waals surface area contributed by atoms with E-state index in [1.54, 1.807) is 24.3 Å². The van der Waals surface area contributed by atoms with E-state index in [1.165, 1.54) is 30.3 Å². The van der Waals surface area contributed by atoms with Crippen LogP contribution in [0.5, 0.6) is 23.0 Å². The number of amides is 3. The topological polar surface area (TPSA) is 130 Å². The number of likely N-dealkylation sites (tertiary alicyclic amines) is 1. The number of fused-ring (bicyclic) bond motifs is 6. The summed E-state index contributed by atoms with van der Waals surface area (Å²) in [5, 5.41) is 20.0. The molecule has 2 N–H and O–H groups in total. The molecule has 3 heterocycles. The first-order chi connectivity index (χ1) is 16.8. The predicted molar refractivity (Wildman–Crippen MR) is 118 cm³/mol. The Kier molecular flexibility index (Phi) is 4.28. The number of hydrogen-bond acceptors (Lipinski definition) is 8. The van der Waals surface area contributed by atoms with Gasteiger partial charge in [-0.1, -0.05) is 6.07 Å². The van der Waals surface area contributed by atoms with Crippen molar-refractivity contribution in [1.29, 1.82) is 0 Å². The molecule has 9 heteroatoms.